The summed E-state index contributed by atoms with van der Waals surface area (Å²) in [5, 5.41) is 14.0. The quantitative estimate of drug-likeness (QED) is 0.865. The molecule has 2 aromatic heterocycles. The summed E-state index contributed by atoms with van der Waals surface area (Å²) in [4.78, 5) is 12.1. The molecule has 0 saturated carbocycles. The van der Waals surface area contributed by atoms with Crippen LogP contribution >= 0.6 is 0 Å². The zero-order chi connectivity index (χ0) is 13.8. The van der Waals surface area contributed by atoms with Gasteiger partial charge in [0.25, 0.3) is 5.91 Å². The van der Waals surface area contributed by atoms with Crippen LogP contribution in [-0.2, 0) is 13.0 Å². The van der Waals surface area contributed by atoms with E-state index in [1.54, 1.807) is 10.7 Å². The number of anilines is 1. The van der Waals surface area contributed by atoms with E-state index < -0.39 is 0 Å². The van der Waals surface area contributed by atoms with Gasteiger partial charge in [-0.15, -0.1) is 0 Å². The fraction of sp³-hybridized carbons (Fsp3) is 0.462. The SMILES string of the molecule is CCCc1cc(NC(=O)c2cc(C)nn2CC)n[nH]1. The molecule has 0 aliphatic carbocycles. The molecule has 2 N–H and O–H groups in total. The van der Waals surface area contributed by atoms with Gasteiger partial charge in [-0.05, 0) is 26.3 Å². The fourth-order valence-electron chi connectivity index (χ4n) is 1.97. The molecule has 1 amide bonds. The van der Waals surface area contributed by atoms with Gasteiger partial charge in [0.05, 0.1) is 5.69 Å². The van der Waals surface area contributed by atoms with Crippen LogP contribution in [0.4, 0.5) is 5.82 Å². The van der Waals surface area contributed by atoms with E-state index in [1.165, 1.54) is 0 Å². The Morgan fingerprint density at radius 1 is 1.42 bits per heavy atom. The predicted octanol–water partition coefficient (Wildman–Crippen LogP) is 2.14. The monoisotopic (exact) mass is 261 g/mol. The van der Waals surface area contributed by atoms with Crippen molar-refractivity contribution in [2.75, 3.05) is 5.32 Å². The number of nitrogens with one attached hydrogen (secondary N) is 2. The van der Waals surface area contributed by atoms with Crippen molar-refractivity contribution in [3.63, 3.8) is 0 Å². The zero-order valence-corrected chi connectivity index (χ0v) is 11.5. The average Bonchev–Trinajstić information content (AvgIpc) is 2.96. The highest BCUT2D eigenvalue weighted by Gasteiger charge is 2.14. The fourth-order valence-corrected chi connectivity index (χ4v) is 1.97. The molecule has 0 spiro atoms. The third-order valence-corrected chi connectivity index (χ3v) is 2.83. The molecular formula is C13H19N5O. The van der Waals surface area contributed by atoms with Crippen molar-refractivity contribution in [1.82, 2.24) is 20.0 Å². The normalized spacial score (nSPS) is 10.7. The third kappa shape index (κ3) is 3.01. The lowest BCUT2D eigenvalue weighted by Crippen LogP contribution is -2.17. The first kappa shape index (κ1) is 13.3. The first-order valence-electron chi connectivity index (χ1n) is 6.54. The minimum atomic E-state index is -0.183. The van der Waals surface area contributed by atoms with Crippen LogP contribution in [-0.4, -0.2) is 25.9 Å². The first-order chi connectivity index (χ1) is 9.13. The second-order valence-corrected chi connectivity index (χ2v) is 4.47. The summed E-state index contributed by atoms with van der Waals surface area (Å²) >= 11 is 0. The van der Waals surface area contributed by atoms with E-state index in [2.05, 4.69) is 27.5 Å². The van der Waals surface area contributed by atoms with E-state index in [9.17, 15) is 4.79 Å². The van der Waals surface area contributed by atoms with E-state index in [0.717, 1.165) is 24.2 Å². The summed E-state index contributed by atoms with van der Waals surface area (Å²) in [5.74, 6) is 0.368. The van der Waals surface area contributed by atoms with Gasteiger partial charge >= 0.3 is 0 Å². The molecule has 0 radical (unpaired) electrons. The number of aromatic amines is 1. The van der Waals surface area contributed by atoms with Crippen LogP contribution in [0.1, 0.15) is 42.1 Å². The van der Waals surface area contributed by atoms with Crippen LogP contribution in [0.5, 0.6) is 0 Å². The van der Waals surface area contributed by atoms with Crippen molar-refractivity contribution >= 4 is 11.7 Å². The number of rotatable bonds is 5. The second kappa shape index (κ2) is 5.69. The molecule has 0 aliphatic rings. The van der Waals surface area contributed by atoms with Gasteiger partial charge in [-0.1, -0.05) is 13.3 Å². The predicted molar refractivity (Wildman–Crippen MR) is 73.2 cm³/mol. The number of hydrogen-bond donors (Lipinski definition) is 2. The van der Waals surface area contributed by atoms with Gasteiger partial charge < -0.3 is 5.32 Å². The van der Waals surface area contributed by atoms with E-state index in [-0.39, 0.29) is 5.91 Å². The van der Waals surface area contributed by atoms with Crippen LogP contribution in [0.3, 0.4) is 0 Å². The number of carbonyl (C=O) groups excluding carboxylic acids is 1. The zero-order valence-electron chi connectivity index (χ0n) is 11.5. The number of amides is 1. The summed E-state index contributed by atoms with van der Waals surface area (Å²) in [6.07, 6.45) is 1.96. The number of hydrogen-bond acceptors (Lipinski definition) is 3. The topological polar surface area (TPSA) is 75.6 Å². The van der Waals surface area contributed by atoms with Crippen molar-refractivity contribution in [3.05, 3.63) is 29.2 Å². The molecule has 0 atom stereocenters. The number of aryl methyl sites for hydroxylation is 3. The molecule has 0 unspecified atom stereocenters. The summed E-state index contributed by atoms with van der Waals surface area (Å²) in [6.45, 7) is 6.59. The van der Waals surface area contributed by atoms with Gasteiger partial charge in [-0.2, -0.15) is 10.2 Å². The molecule has 6 heteroatoms. The minimum absolute atomic E-state index is 0.183. The summed E-state index contributed by atoms with van der Waals surface area (Å²) in [5.41, 5.74) is 2.42. The Labute approximate surface area is 112 Å². The average molecular weight is 261 g/mol. The summed E-state index contributed by atoms with van der Waals surface area (Å²) in [6, 6.07) is 3.64. The van der Waals surface area contributed by atoms with Crippen molar-refractivity contribution in [1.29, 1.82) is 0 Å². The van der Waals surface area contributed by atoms with Gasteiger partial charge in [-0.3, -0.25) is 14.6 Å². The lowest BCUT2D eigenvalue weighted by Gasteiger charge is -2.03. The Morgan fingerprint density at radius 3 is 2.89 bits per heavy atom. The van der Waals surface area contributed by atoms with Crippen molar-refractivity contribution in [3.8, 4) is 0 Å². The van der Waals surface area contributed by atoms with Gasteiger partial charge in [-0.25, -0.2) is 0 Å². The molecule has 0 fully saturated rings. The number of H-pyrrole nitrogens is 1. The maximum Gasteiger partial charge on any atom is 0.275 e. The number of nitrogens with zero attached hydrogens (tertiary/aromatic N) is 3. The second-order valence-electron chi connectivity index (χ2n) is 4.47. The molecule has 19 heavy (non-hydrogen) atoms. The summed E-state index contributed by atoms with van der Waals surface area (Å²) in [7, 11) is 0. The lowest BCUT2D eigenvalue weighted by molar-refractivity contribution is 0.101. The molecule has 0 aliphatic heterocycles. The van der Waals surface area contributed by atoms with E-state index >= 15 is 0 Å². The number of carbonyl (C=O) groups is 1. The van der Waals surface area contributed by atoms with Gasteiger partial charge in [0.15, 0.2) is 5.82 Å². The molecule has 102 valence electrons. The molecule has 6 nitrogen and oxygen atoms in total. The van der Waals surface area contributed by atoms with Crippen molar-refractivity contribution in [2.45, 2.75) is 40.2 Å². The van der Waals surface area contributed by atoms with Crippen LogP contribution in [0.25, 0.3) is 0 Å². The van der Waals surface area contributed by atoms with E-state index in [1.807, 2.05) is 19.9 Å². The minimum Gasteiger partial charge on any atom is -0.304 e. The van der Waals surface area contributed by atoms with Crippen molar-refractivity contribution in [2.24, 2.45) is 0 Å². The molecule has 2 aromatic rings. The Bertz CT molecular complexity index is 569. The van der Waals surface area contributed by atoms with Gasteiger partial charge in [0, 0.05) is 18.3 Å². The van der Waals surface area contributed by atoms with Crippen LogP contribution < -0.4 is 5.32 Å². The maximum atomic E-state index is 12.1. The molecule has 2 rings (SSSR count). The highest BCUT2D eigenvalue weighted by molar-refractivity contribution is 6.02. The largest absolute Gasteiger partial charge is 0.304 e. The Morgan fingerprint density at radius 2 is 2.21 bits per heavy atom. The molecule has 0 aromatic carbocycles. The first-order valence-corrected chi connectivity index (χ1v) is 6.54. The Balaban J connectivity index is 2.11. The Hall–Kier alpha value is -2.11. The third-order valence-electron chi connectivity index (χ3n) is 2.83. The highest BCUT2D eigenvalue weighted by atomic mass is 16.2. The van der Waals surface area contributed by atoms with Crippen molar-refractivity contribution < 1.29 is 4.79 Å². The maximum absolute atomic E-state index is 12.1. The van der Waals surface area contributed by atoms with E-state index in [0.29, 0.717) is 18.1 Å². The molecule has 0 saturated heterocycles. The Kier molecular flexibility index (Phi) is 3.99. The molecule has 0 bridgehead atoms. The molecule has 2 heterocycles. The smallest absolute Gasteiger partial charge is 0.275 e. The standard InChI is InChI=1S/C13H19N5O/c1-4-6-10-8-12(16-15-10)14-13(19)11-7-9(3)17-18(11)5-2/h7-8H,4-6H2,1-3H3,(H2,14,15,16,19). The van der Waals surface area contributed by atoms with Gasteiger partial charge in [0.1, 0.15) is 5.69 Å². The highest BCUT2D eigenvalue weighted by Crippen LogP contribution is 2.10. The van der Waals surface area contributed by atoms with E-state index in [4.69, 9.17) is 0 Å². The summed E-state index contributed by atoms with van der Waals surface area (Å²) < 4.78 is 1.68. The van der Waals surface area contributed by atoms with Crippen LogP contribution in [0.15, 0.2) is 12.1 Å². The van der Waals surface area contributed by atoms with Crippen LogP contribution in [0, 0.1) is 6.92 Å². The number of aromatic nitrogens is 4. The van der Waals surface area contributed by atoms with Gasteiger partial charge in [0.2, 0.25) is 0 Å². The molecular weight excluding hydrogens is 242 g/mol. The van der Waals surface area contributed by atoms with Crippen LogP contribution in [0.2, 0.25) is 0 Å². The lowest BCUT2D eigenvalue weighted by atomic mass is 10.2.